The first-order valence-electron chi connectivity index (χ1n) is 6.60. The summed E-state index contributed by atoms with van der Waals surface area (Å²) in [5.41, 5.74) is -0.197. The van der Waals surface area contributed by atoms with Gasteiger partial charge in [-0.25, -0.2) is 0 Å². The Morgan fingerprint density at radius 3 is 2.74 bits per heavy atom. The first kappa shape index (κ1) is 14.3. The molecule has 0 N–H and O–H groups in total. The molecule has 0 unspecified atom stereocenters. The number of carbonyl (C=O) groups is 1. The minimum atomic E-state index is -0.334. The molecule has 1 aromatic rings. The fourth-order valence-corrected chi connectivity index (χ4v) is 2.71. The van der Waals surface area contributed by atoms with E-state index in [4.69, 9.17) is 4.74 Å². The highest BCUT2D eigenvalue weighted by Crippen LogP contribution is 2.25. The predicted octanol–water partition coefficient (Wildman–Crippen LogP) is 2.73. The van der Waals surface area contributed by atoms with Crippen LogP contribution in [0.1, 0.15) is 32.6 Å². The largest absolute Gasteiger partial charge is 0.461 e. The van der Waals surface area contributed by atoms with Gasteiger partial charge in [0.05, 0.1) is 0 Å². The van der Waals surface area contributed by atoms with E-state index in [0.29, 0.717) is 0 Å². The van der Waals surface area contributed by atoms with Gasteiger partial charge in [-0.1, -0.05) is 6.92 Å². The van der Waals surface area contributed by atoms with Gasteiger partial charge >= 0.3 is 5.97 Å². The van der Waals surface area contributed by atoms with E-state index in [2.05, 4.69) is 22.9 Å². The molecular weight excluding hydrogens is 310 g/mol. The number of hydrogen-bond donors (Lipinski definition) is 0. The molecule has 104 valence electrons. The van der Waals surface area contributed by atoms with E-state index in [9.17, 15) is 9.59 Å². The third kappa shape index (κ3) is 4.20. The van der Waals surface area contributed by atoms with Crippen LogP contribution < -0.4 is 5.56 Å². The van der Waals surface area contributed by atoms with Crippen LogP contribution >= 0.6 is 15.9 Å². The van der Waals surface area contributed by atoms with Crippen LogP contribution in [-0.4, -0.2) is 16.6 Å². The second-order valence-corrected chi connectivity index (χ2v) is 6.10. The molecule has 5 heteroatoms. The Hall–Kier alpha value is -1.10. The maximum Gasteiger partial charge on any atom is 0.326 e. The van der Waals surface area contributed by atoms with Crippen LogP contribution in [0.25, 0.3) is 0 Å². The number of halogens is 1. The normalized spacial score (nSPS) is 23.1. The molecule has 0 radical (unpaired) electrons. The number of rotatable bonds is 3. The summed E-state index contributed by atoms with van der Waals surface area (Å²) in [5.74, 6) is 0.391. The molecular formula is C14H18BrNO3. The fourth-order valence-electron chi connectivity index (χ4n) is 2.34. The summed E-state index contributed by atoms with van der Waals surface area (Å²) in [6.07, 6.45) is 5.70. The van der Waals surface area contributed by atoms with Crippen molar-refractivity contribution < 1.29 is 9.53 Å². The van der Waals surface area contributed by atoms with E-state index in [1.807, 2.05) is 0 Å². The van der Waals surface area contributed by atoms with Crippen LogP contribution in [-0.2, 0) is 16.1 Å². The molecule has 0 saturated heterocycles. The SMILES string of the molecule is CC1CCC(OC(=O)Cn2cc(Br)ccc2=O)CC1. The molecule has 0 bridgehead atoms. The Kier molecular flexibility index (Phi) is 4.80. The van der Waals surface area contributed by atoms with Crippen molar-refractivity contribution >= 4 is 21.9 Å². The van der Waals surface area contributed by atoms with E-state index in [0.717, 1.165) is 36.1 Å². The zero-order chi connectivity index (χ0) is 13.8. The van der Waals surface area contributed by atoms with Crippen molar-refractivity contribution in [2.45, 2.75) is 45.3 Å². The summed E-state index contributed by atoms with van der Waals surface area (Å²) in [7, 11) is 0. The summed E-state index contributed by atoms with van der Waals surface area (Å²) in [5, 5.41) is 0. The summed E-state index contributed by atoms with van der Waals surface area (Å²) in [6.45, 7) is 2.20. The standard InChI is InChI=1S/C14H18BrNO3/c1-10-2-5-12(6-3-10)19-14(18)9-16-8-11(15)4-7-13(16)17/h4,7-8,10,12H,2-3,5-6,9H2,1H3. The molecule has 1 fully saturated rings. The van der Waals surface area contributed by atoms with Crippen molar-refractivity contribution in [3.8, 4) is 0 Å². The molecule has 4 nitrogen and oxygen atoms in total. The van der Waals surface area contributed by atoms with Crippen molar-refractivity contribution in [2.24, 2.45) is 5.92 Å². The topological polar surface area (TPSA) is 48.3 Å². The number of nitrogens with zero attached hydrogens (tertiary/aromatic N) is 1. The van der Waals surface area contributed by atoms with Gasteiger partial charge in [0, 0.05) is 16.7 Å². The highest BCUT2D eigenvalue weighted by Gasteiger charge is 2.21. The van der Waals surface area contributed by atoms with Gasteiger partial charge < -0.3 is 9.30 Å². The third-order valence-electron chi connectivity index (χ3n) is 3.51. The van der Waals surface area contributed by atoms with Crippen LogP contribution in [0.2, 0.25) is 0 Å². The number of ether oxygens (including phenoxy) is 1. The molecule has 19 heavy (non-hydrogen) atoms. The molecule has 1 heterocycles. The molecule has 1 saturated carbocycles. The lowest BCUT2D eigenvalue weighted by Gasteiger charge is -2.26. The van der Waals surface area contributed by atoms with Crippen LogP contribution in [0.4, 0.5) is 0 Å². The van der Waals surface area contributed by atoms with Crippen LogP contribution in [0, 0.1) is 5.92 Å². The molecule has 2 rings (SSSR count). The number of carbonyl (C=O) groups excluding carboxylic acids is 1. The summed E-state index contributed by atoms with van der Waals surface area (Å²) in [6, 6.07) is 3.09. The minimum absolute atomic E-state index is 0.0200. The van der Waals surface area contributed by atoms with E-state index >= 15 is 0 Å². The quantitative estimate of drug-likeness (QED) is 0.802. The molecule has 0 spiro atoms. The zero-order valence-electron chi connectivity index (χ0n) is 11.0. The smallest absolute Gasteiger partial charge is 0.326 e. The molecule has 0 atom stereocenters. The van der Waals surface area contributed by atoms with Gasteiger partial charge in [0.1, 0.15) is 12.6 Å². The number of hydrogen-bond acceptors (Lipinski definition) is 3. The lowest BCUT2D eigenvalue weighted by Crippen LogP contribution is -2.29. The fraction of sp³-hybridized carbons (Fsp3) is 0.571. The zero-order valence-corrected chi connectivity index (χ0v) is 12.6. The Balaban J connectivity index is 1.90. The van der Waals surface area contributed by atoms with Gasteiger partial charge in [-0.15, -0.1) is 0 Å². The van der Waals surface area contributed by atoms with E-state index < -0.39 is 0 Å². The van der Waals surface area contributed by atoms with Crippen molar-refractivity contribution in [3.63, 3.8) is 0 Å². The second-order valence-electron chi connectivity index (χ2n) is 5.19. The lowest BCUT2D eigenvalue weighted by atomic mass is 9.89. The van der Waals surface area contributed by atoms with E-state index in [-0.39, 0.29) is 24.2 Å². The average molecular weight is 328 g/mol. The van der Waals surface area contributed by atoms with Gasteiger partial charge in [-0.3, -0.25) is 9.59 Å². The second kappa shape index (κ2) is 6.37. The van der Waals surface area contributed by atoms with E-state index in [1.165, 1.54) is 10.6 Å². The Bertz CT molecular complexity index is 504. The van der Waals surface area contributed by atoms with E-state index in [1.54, 1.807) is 12.3 Å². The number of esters is 1. The van der Waals surface area contributed by atoms with Crippen LogP contribution in [0.3, 0.4) is 0 Å². The van der Waals surface area contributed by atoms with Gasteiger partial charge in [-0.2, -0.15) is 0 Å². The number of pyridine rings is 1. The summed E-state index contributed by atoms with van der Waals surface area (Å²) < 4.78 is 7.55. The maximum atomic E-state index is 11.8. The lowest BCUT2D eigenvalue weighted by molar-refractivity contribution is -0.151. The highest BCUT2D eigenvalue weighted by molar-refractivity contribution is 9.10. The van der Waals surface area contributed by atoms with Gasteiger partial charge in [-0.05, 0) is 53.6 Å². The first-order valence-corrected chi connectivity index (χ1v) is 7.39. The average Bonchev–Trinajstić information content (AvgIpc) is 2.37. The third-order valence-corrected chi connectivity index (χ3v) is 3.98. The van der Waals surface area contributed by atoms with Gasteiger partial charge in [0.2, 0.25) is 0 Å². The molecule has 0 amide bonds. The van der Waals surface area contributed by atoms with Crippen molar-refractivity contribution in [2.75, 3.05) is 0 Å². The Morgan fingerprint density at radius 2 is 2.05 bits per heavy atom. The monoisotopic (exact) mass is 327 g/mol. The Labute approximate surface area is 120 Å². The van der Waals surface area contributed by atoms with Crippen molar-refractivity contribution in [1.29, 1.82) is 0 Å². The van der Waals surface area contributed by atoms with Gasteiger partial charge in [0.15, 0.2) is 0 Å². The maximum absolute atomic E-state index is 11.8. The van der Waals surface area contributed by atoms with Crippen molar-refractivity contribution in [3.05, 3.63) is 33.2 Å². The van der Waals surface area contributed by atoms with Crippen LogP contribution in [0.5, 0.6) is 0 Å². The number of aromatic nitrogens is 1. The Morgan fingerprint density at radius 1 is 1.37 bits per heavy atom. The summed E-state index contributed by atoms with van der Waals surface area (Å²) in [4.78, 5) is 23.4. The molecule has 0 aromatic carbocycles. The summed E-state index contributed by atoms with van der Waals surface area (Å²) >= 11 is 3.28. The molecule has 0 aliphatic heterocycles. The predicted molar refractivity (Wildman–Crippen MR) is 75.9 cm³/mol. The highest BCUT2D eigenvalue weighted by atomic mass is 79.9. The molecule has 1 aliphatic carbocycles. The first-order chi connectivity index (χ1) is 9.04. The van der Waals surface area contributed by atoms with Crippen LogP contribution in [0.15, 0.2) is 27.6 Å². The minimum Gasteiger partial charge on any atom is -0.461 e. The molecule has 1 aromatic heterocycles. The van der Waals surface area contributed by atoms with Gasteiger partial charge in [0.25, 0.3) is 5.56 Å². The molecule has 1 aliphatic rings. The van der Waals surface area contributed by atoms with Crippen molar-refractivity contribution in [1.82, 2.24) is 4.57 Å².